The van der Waals surface area contributed by atoms with Gasteiger partial charge in [0.05, 0.1) is 23.4 Å². The molecule has 3 heterocycles. The molecular formula is C15H13NO4S2. The van der Waals surface area contributed by atoms with Crippen LogP contribution in [0.3, 0.4) is 0 Å². The van der Waals surface area contributed by atoms with Crippen LogP contribution in [0, 0.1) is 0 Å². The van der Waals surface area contributed by atoms with Gasteiger partial charge in [-0.3, -0.25) is 0 Å². The molecular weight excluding hydrogens is 322 g/mol. The van der Waals surface area contributed by atoms with E-state index in [0.717, 1.165) is 16.2 Å². The largest absolute Gasteiger partial charge is 0.465 e. The number of fused-ring (bicyclic) bond motifs is 1. The fourth-order valence-electron chi connectivity index (χ4n) is 2.06. The van der Waals surface area contributed by atoms with Crippen molar-refractivity contribution in [3.8, 4) is 0 Å². The maximum atomic E-state index is 11.8. The lowest BCUT2D eigenvalue weighted by atomic mass is 10.3. The van der Waals surface area contributed by atoms with Gasteiger partial charge in [-0.05, 0) is 17.5 Å². The Morgan fingerprint density at radius 2 is 2.23 bits per heavy atom. The Labute approximate surface area is 134 Å². The summed E-state index contributed by atoms with van der Waals surface area (Å²) < 4.78 is 10.5. The summed E-state index contributed by atoms with van der Waals surface area (Å²) in [5.41, 5.74) is -0.274. The van der Waals surface area contributed by atoms with Crippen LogP contribution in [0.5, 0.6) is 0 Å². The number of nitrogens with zero attached hydrogens (tertiary/aromatic N) is 1. The van der Waals surface area contributed by atoms with Gasteiger partial charge in [0.15, 0.2) is 5.58 Å². The molecule has 3 rings (SSSR count). The summed E-state index contributed by atoms with van der Waals surface area (Å²) >= 11 is 3.16. The standard InChI is InChI=1S/C15H13NO4S2/c1-16(8-9-4-3-5-21-9)13-7-11-12(22-13)6-10(14(17)19-2)15(18)20-11/h3-7H,8H2,1-2H3. The molecule has 0 spiro atoms. The number of hydrogen-bond donors (Lipinski definition) is 0. The van der Waals surface area contributed by atoms with Crippen molar-refractivity contribution < 1.29 is 13.9 Å². The predicted molar refractivity (Wildman–Crippen MR) is 88.1 cm³/mol. The number of carbonyl (C=O) groups excluding carboxylic acids is 1. The first kappa shape index (κ1) is 14.8. The zero-order chi connectivity index (χ0) is 15.7. The van der Waals surface area contributed by atoms with Crippen LogP contribution in [0.15, 0.2) is 38.9 Å². The van der Waals surface area contributed by atoms with E-state index in [2.05, 4.69) is 15.7 Å². The third kappa shape index (κ3) is 2.77. The van der Waals surface area contributed by atoms with E-state index in [4.69, 9.17) is 4.42 Å². The summed E-state index contributed by atoms with van der Waals surface area (Å²) in [4.78, 5) is 26.7. The Morgan fingerprint density at radius 3 is 2.91 bits per heavy atom. The number of methoxy groups -OCH3 is 1. The van der Waals surface area contributed by atoms with Crippen LogP contribution in [0.2, 0.25) is 0 Å². The molecule has 22 heavy (non-hydrogen) atoms. The highest BCUT2D eigenvalue weighted by atomic mass is 32.1. The van der Waals surface area contributed by atoms with Gasteiger partial charge < -0.3 is 14.1 Å². The molecule has 0 fully saturated rings. The van der Waals surface area contributed by atoms with Crippen LogP contribution < -0.4 is 10.5 Å². The van der Waals surface area contributed by atoms with Crippen molar-refractivity contribution in [1.82, 2.24) is 0 Å². The topological polar surface area (TPSA) is 59.8 Å². The zero-order valence-electron chi connectivity index (χ0n) is 12.0. The maximum Gasteiger partial charge on any atom is 0.351 e. The van der Waals surface area contributed by atoms with Gasteiger partial charge in [0.1, 0.15) is 5.56 Å². The first-order chi connectivity index (χ1) is 10.6. The number of hydrogen-bond acceptors (Lipinski definition) is 7. The second-order valence-electron chi connectivity index (χ2n) is 4.69. The van der Waals surface area contributed by atoms with E-state index >= 15 is 0 Å². The molecule has 3 aromatic rings. The van der Waals surface area contributed by atoms with Crippen LogP contribution in [0.25, 0.3) is 10.3 Å². The minimum Gasteiger partial charge on any atom is -0.465 e. The highest BCUT2D eigenvalue weighted by Crippen LogP contribution is 2.32. The molecule has 0 saturated carbocycles. The molecule has 0 atom stereocenters. The Hall–Kier alpha value is -2.12. The molecule has 5 nitrogen and oxygen atoms in total. The molecule has 0 aromatic carbocycles. The fraction of sp³-hybridized carbons (Fsp3) is 0.200. The molecule has 0 N–H and O–H groups in total. The van der Waals surface area contributed by atoms with Gasteiger partial charge in [-0.25, -0.2) is 9.59 Å². The highest BCUT2D eigenvalue weighted by molar-refractivity contribution is 7.22. The summed E-state index contributed by atoms with van der Waals surface area (Å²) in [5.74, 6) is -0.683. The van der Waals surface area contributed by atoms with Crippen LogP contribution in [0.1, 0.15) is 15.2 Å². The van der Waals surface area contributed by atoms with Gasteiger partial charge in [0, 0.05) is 18.0 Å². The van der Waals surface area contributed by atoms with E-state index in [9.17, 15) is 9.59 Å². The third-order valence-electron chi connectivity index (χ3n) is 3.16. The minimum absolute atomic E-state index is 0.0793. The number of thiophene rings is 2. The van der Waals surface area contributed by atoms with E-state index in [1.165, 1.54) is 29.4 Å². The molecule has 0 amide bonds. The van der Waals surface area contributed by atoms with Gasteiger partial charge in [0.25, 0.3) is 0 Å². The SMILES string of the molecule is COC(=O)c1cc2sc(N(C)Cc3cccs3)cc2oc1=O. The second-order valence-corrected chi connectivity index (χ2v) is 6.78. The van der Waals surface area contributed by atoms with Crippen molar-refractivity contribution in [1.29, 1.82) is 0 Å². The average Bonchev–Trinajstić information content (AvgIpc) is 3.14. The van der Waals surface area contributed by atoms with Crippen molar-refractivity contribution >= 4 is 43.9 Å². The summed E-state index contributed by atoms with van der Waals surface area (Å²) in [6.45, 7) is 0.776. The maximum absolute atomic E-state index is 11.8. The van der Waals surface area contributed by atoms with Gasteiger partial charge in [-0.15, -0.1) is 22.7 Å². The molecule has 0 aliphatic carbocycles. The Bertz CT molecular complexity index is 863. The third-order valence-corrected chi connectivity index (χ3v) is 5.20. The molecule has 0 saturated heterocycles. The van der Waals surface area contributed by atoms with Gasteiger partial charge in [-0.2, -0.15) is 0 Å². The number of anilines is 1. The molecule has 3 aromatic heterocycles. The summed E-state index contributed by atoms with van der Waals surface area (Å²) in [5, 5.41) is 3.00. The summed E-state index contributed by atoms with van der Waals surface area (Å²) in [6.07, 6.45) is 0. The van der Waals surface area contributed by atoms with Crippen molar-refractivity contribution in [3.63, 3.8) is 0 Å². The monoisotopic (exact) mass is 335 g/mol. The smallest absolute Gasteiger partial charge is 0.351 e. The van der Waals surface area contributed by atoms with Gasteiger partial charge >= 0.3 is 11.6 Å². The Kier molecular flexibility index (Phi) is 4.00. The highest BCUT2D eigenvalue weighted by Gasteiger charge is 2.16. The number of ether oxygens (including phenoxy) is 1. The molecule has 7 heteroatoms. The van der Waals surface area contributed by atoms with E-state index in [-0.39, 0.29) is 5.56 Å². The van der Waals surface area contributed by atoms with Crippen molar-refractivity contribution in [2.45, 2.75) is 6.54 Å². The Balaban J connectivity index is 1.95. The van der Waals surface area contributed by atoms with E-state index in [1.807, 2.05) is 24.6 Å². The molecule has 0 bridgehead atoms. The quantitative estimate of drug-likeness (QED) is 0.684. The molecule has 114 valence electrons. The first-order valence-electron chi connectivity index (χ1n) is 6.48. The van der Waals surface area contributed by atoms with E-state index in [0.29, 0.717) is 5.58 Å². The van der Waals surface area contributed by atoms with Crippen molar-refractivity contribution in [3.05, 3.63) is 50.5 Å². The van der Waals surface area contributed by atoms with Gasteiger partial charge in [0.2, 0.25) is 0 Å². The average molecular weight is 335 g/mol. The summed E-state index contributed by atoms with van der Waals surface area (Å²) in [7, 11) is 3.21. The second kappa shape index (κ2) is 5.94. The van der Waals surface area contributed by atoms with Crippen molar-refractivity contribution in [2.75, 3.05) is 19.1 Å². The zero-order valence-corrected chi connectivity index (χ0v) is 13.6. The van der Waals surface area contributed by atoms with E-state index in [1.54, 1.807) is 11.3 Å². The normalized spacial score (nSPS) is 10.8. The minimum atomic E-state index is -0.683. The number of rotatable bonds is 4. The number of carbonyl (C=O) groups is 1. The molecule has 0 aliphatic heterocycles. The van der Waals surface area contributed by atoms with Crippen molar-refractivity contribution in [2.24, 2.45) is 0 Å². The van der Waals surface area contributed by atoms with Crippen LogP contribution in [-0.4, -0.2) is 20.1 Å². The summed E-state index contributed by atoms with van der Waals surface area (Å²) in [6, 6.07) is 7.43. The lowest BCUT2D eigenvalue weighted by Gasteiger charge is -2.15. The fourth-order valence-corrected chi connectivity index (χ4v) is 3.80. The van der Waals surface area contributed by atoms with Gasteiger partial charge in [-0.1, -0.05) is 6.07 Å². The predicted octanol–water partition coefficient (Wildman–Crippen LogP) is 3.34. The van der Waals surface area contributed by atoms with E-state index < -0.39 is 11.6 Å². The Morgan fingerprint density at radius 1 is 1.41 bits per heavy atom. The molecule has 0 unspecified atom stereocenters. The van der Waals surface area contributed by atoms with Crippen LogP contribution in [-0.2, 0) is 11.3 Å². The molecule has 0 aliphatic rings. The van der Waals surface area contributed by atoms with Crippen LogP contribution >= 0.6 is 22.7 Å². The first-order valence-corrected chi connectivity index (χ1v) is 8.17. The molecule has 0 radical (unpaired) electrons. The lowest BCUT2D eigenvalue weighted by Crippen LogP contribution is -2.14. The van der Waals surface area contributed by atoms with Crippen LogP contribution in [0.4, 0.5) is 5.00 Å². The lowest BCUT2D eigenvalue weighted by molar-refractivity contribution is 0.0596. The number of esters is 1.